The molecule has 1 aromatic rings. The zero-order valence-electron chi connectivity index (χ0n) is 17.9. The van der Waals surface area contributed by atoms with Gasteiger partial charge in [0.1, 0.15) is 0 Å². The first-order valence-corrected chi connectivity index (χ1v) is 10.6. The van der Waals surface area contributed by atoms with Crippen molar-refractivity contribution in [1.29, 1.82) is 0 Å². The minimum atomic E-state index is -5.08. The minimum absolute atomic E-state index is 0.166. The number of aromatic nitrogens is 1. The molecular weight excluding hydrogens is 413 g/mol. The van der Waals surface area contributed by atoms with Gasteiger partial charge in [0, 0.05) is 42.1 Å². The molecule has 0 bridgehead atoms. The molecule has 2 atom stereocenters. The summed E-state index contributed by atoms with van der Waals surface area (Å²) in [6.07, 6.45) is 1.32. The van der Waals surface area contributed by atoms with Crippen molar-refractivity contribution < 1.29 is 32.6 Å². The number of carbonyl (C=O) groups excluding carboxylic acids is 1. The van der Waals surface area contributed by atoms with Crippen molar-refractivity contribution >= 4 is 11.9 Å². The number of hydrogen-bond donors (Lipinski definition) is 1. The Morgan fingerprint density at radius 3 is 2.39 bits per heavy atom. The van der Waals surface area contributed by atoms with E-state index >= 15 is 0 Å². The number of likely N-dealkylation sites (tertiary alicyclic amines) is 1. The molecule has 0 unspecified atom stereocenters. The number of carboxylic acid groups (broad SMARTS) is 1. The SMILES string of the molecule is Cc1cc(C(=O)N2C[C@H]3CCC[C@@]3(COCC3CC3)C2)cc(C)n1.O=C(O)C(F)(F)F. The van der Waals surface area contributed by atoms with Gasteiger partial charge in [0.15, 0.2) is 0 Å². The van der Waals surface area contributed by atoms with E-state index in [4.69, 9.17) is 14.6 Å². The number of hydrogen-bond acceptors (Lipinski definition) is 4. The van der Waals surface area contributed by atoms with E-state index in [0.717, 1.165) is 49.2 Å². The second kappa shape index (κ2) is 9.14. The van der Waals surface area contributed by atoms with Gasteiger partial charge in [0.2, 0.25) is 0 Å². The molecule has 2 aliphatic carbocycles. The Morgan fingerprint density at radius 1 is 1.23 bits per heavy atom. The van der Waals surface area contributed by atoms with Gasteiger partial charge in [0.05, 0.1) is 6.61 Å². The smallest absolute Gasteiger partial charge is 0.475 e. The molecule has 2 saturated carbocycles. The van der Waals surface area contributed by atoms with Gasteiger partial charge in [0.25, 0.3) is 5.91 Å². The van der Waals surface area contributed by atoms with Crippen LogP contribution in [0.2, 0.25) is 0 Å². The normalized spacial score (nSPS) is 25.1. The average Bonchev–Trinajstić information content (AvgIpc) is 3.29. The van der Waals surface area contributed by atoms with Gasteiger partial charge >= 0.3 is 12.1 Å². The first kappa shape index (κ1) is 23.5. The largest absolute Gasteiger partial charge is 0.490 e. The number of aryl methyl sites for hydroxylation is 2. The highest BCUT2D eigenvalue weighted by Gasteiger charge is 2.51. The van der Waals surface area contributed by atoms with Crippen LogP contribution < -0.4 is 0 Å². The number of carbonyl (C=O) groups is 2. The summed E-state index contributed by atoms with van der Waals surface area (Å²) in [5, 5.41) is 7.12. The van der Waals surface area contributed by atoms with Gasteiger partial charge in [-0.2, -0.15) is 13.2 Å². The van der Waals surface area contributed by atoms with Gasteiger partial charge in [-0.1, -0.05) is 6.42 Å². The highest BCUT2D eigenvalue weighted by Crippen LogP contribution is 2.49. The Labute approximate surface area is 179 Å². The van der Waals surface area contributed by atoms with Gasteiger partial charge in [-0.25, -0.2) is 4.79 Å². The molecule has 1 saturated heterocycles. The summed E-state index contributed by atoms with van der Waals surface area (Å²) in [4.78, 5) is 28.3. The molecular formula is C22H29F3N2O4. The Balaban J connectivity index is 0.000000339. The van der Waals surface area contributed by atoms with Gasteiger partial charge in [-0.05, 0) is 63.5 Å². The standard InChI is InChI=1S/C20H28N2O2.C2HF3O2/c1-14-8-17(9-15(2)21-14)19(23)22-10-18-4-3-7-20(18,12-22)13-24-11-16-5-6-16;3-2(4,5)1(6)7/h8-9,16,18H,3-7,10-13H2,1-2H3;(H,6,7)/t18-,20+;/m1./s1. The summed E-state index contributed by atoms with van der Waals surface area (Å²) in [7, 11) is 0. The molecule has 6 nitrogen and oxygen atoms in total. The predicted molar refractivity (Wildman–Crippen MR) is 107 cm³/mol. The van der Waals surface area contributed by atoms with Crippen molar-refractivity contribution in [2.45, 2.75) is 52.1 Å². The predicted octanol–water partition coefficient (Wildman–Crippen LogP) is 4.00. The number of amides is 1. The Kier molecular flexibility index (Phi) is 6.93. The molecule has 3 fully saturated rings. The summed E-state index contributed by atoms with van der Waals surface area (Å²) in [6.45, 7) is 7.43. The number of ether oxygens (including phenoxy) is 1. The van der Waals surface area contributed by atoms with Crippen molar-refractivity contribution in [3.8, 4) is 0 Å². The van der Waals surface area contributed by atoms with Crippen LogP contribution in [0, 0.1) is 31.1 Å². The molecule has 4 rings (SSSR count). The summed E-state index contributed by atoms with van der Waals surface area (Å²) in [6, 6.07) is 3.83. The lowest BCUT2D eigenvalue weighted by Crippen LogP contribution is -2.35. The molecule has 0 radical (unpaired) electrons. The van der Waals surface area contributed by atoms with Gasteiger partial charge in [-0.15, -0.1) is 0 Å². The second-order valence-electron chi connectivity index (χ2n) is 9.04. The number of fused-ring (bicyclic) bond motifs is 1. The number of carboxylic acids is 1. The summed E-state index contributed by atoms with van der Waals surface area (Å²) in [5.74, 6) is -1.17. The van der Waals surface area contributed by atoms with Crippen molar-refractivity contribution in [3.05, 3.63) is 29.1 Å². The molecule has 1 N–H and O–H groups in total. The number of rotatable bonds is 5. The summed E-state index contributed by atoms with van der Waals surface area (Å²) < 4.78 is 37.8. The van der Waals surface area contributed by atoms with Crippen LogP contribution in [-0.4, -0.2) is 59.3 Å². The quantitative estimate of drug-likeness (QED) is 0.746. The minimum Gasteiger partial charge on any atom is -0.475 e. The van der Waals surface area contributed by atoms with E-state index in [2.05, 4.69) is 9.88 Å². The molecule has 9 heteroatoms. The molecule has 0 spiro atoms. The number of pyridine rings is 1. The zero-order chi connectivity index (χ0) is 22.8. The van der Waals surface area contributed by atoms with Crippen molar-refractivity contribution in [3.63, 3.8) is 0 Å². The van der Waals surface area contributed by atoms with Crippen LogP contribution in [0.4, 0.5) is 13.2 Å². The highest BCUT2D eigenvalue weighted by molar-refractivity contribution is 5.94. The zero-order valence-corrected chi connectivity index (χ0v) is 17.9. The number of nitrogens with zero attached hydrogens (tertiary/aromatic N) is 2. The van der Waals surface area contributed by atoms with Crippen molar-refractivity contribution in [2.75, 3.05) is 26.3 Å². The van der Waals surface area contributed by atoms with Crippen LogP contribution in [0.15, 0.2) is 12.1 Å². The first-order chi connectivity index (χ1) is 14.5. The third-order valence-corrected chi connectivity index (χ3v) is 6.34. The maximum Gasteiger partial charge on any atom is 0.490 e. The molecule has 0 aromatic carbocycles. The van der Waals surface area contributed by atoms with E-state index in [1.54, 1.807) is 0 Å². The topological polar surface area (TPSA) is 79.7 Å². The summed E-state index contributed by atoms with van der Waals surface area (Å²) in [5.41, 5.74) is 2.83. The van der Waals surface area contributed by atoms with Gasteiger partial charge in [-0.3, -0.25) is 9.78 Å². The third-order valence-electron chi connectivity index (χ3n) is 6.34. The molecule has 1 aromatic heterocycles. The molecule has 172 valence electrons. The van der Waals surface area contributed by atoms with Crippen LogP contribution in [0.3, 0.4) is 0 Å². The maximum absolute atomic E-state index is 13.0. The molecule has 1 amide bonds. The van der Waals surface area contributed by atoms with Crippen LogP contribution in [0.5, 0.6) is 0 Å². The van der Waals surface area contributed by atoms with Crippen LogP contribution in [0.25, 0.3) is 0 Å². The lowest BCUT2D eigenvalue weighted by atomic mass is 9.81. The lowest BCUT2D eigenvalue weighted by Gasteiger charge is -2.28. The van der Waals surface area contributed by atoms with E-state index < -0.39 is 12.1 Å². The molecule has 2 heterocycles. The van der Waals surface area contributed by atoms with E-state index in [9.17, 15) is 18.0 Å². The van der Waals surface area contributed by atoms with Gasteiger partial charge < -0.3 is 14.7 Å². The maximum atomic E-state index is 13.0. The highest BCUT2D eigenvalue weighted by atomic mass is 19.4. The fraction of sp³-hybridized carbons (Fsp3) is 0.682. The van der Waals surface area contributed by atoms with Crippen molar-refractivity contribution in [1.82, 2.24) is 9.88 Å². The molecule has 1 aliphatic heterocycles. The fourth-order valence-electron chi connectivity index (χ4n) is 4.66. The average molecular weight is 442 g/mol. The number of halogens is 3. The lowest BCUT2D eigenvalue weighted by molar-refractivity contribution is -0.192. The second-order valence-corrected chi connectivity index (χ2v) is 9.04. The van der Waals surface area contributed by atoms with E-state index in [-0.39, 0.29) is 11.3 Å². The van der Waals surface area contributed by atoms with E-state index in [1.165, 1.54) is 32.1 Å². The van der Waals surface area contributed by atoms with E-state index in [0.29, 0.717) is 5.92 Å². The fourth-order valence-corrected chi connectivity index (χ4v) is 4.66. The Bertz CT molecular complexity index is 805. The number of aliphatic carboxylic acids is 1. The van der Waals surface area contributed by atoms with Crippen LogP contribution in [-0.2, 0) is 9.53 Å². The van der Waals surface area contributed by atoms with E-state index in [1.807, 2.05) is 26.0 Å². The molecule has 3 aliphatic rings. The first-order valence-electron chi connectivity index (χ1n) is 10.6. The monoisotopic (exact) mass is 442 g/mol. The molecule has 31 heavy (non-hydrogen) atoms. The summed E-state index contributed by atoms with van der Waals surface area (Å²) >= 11 is 0. The van der Waals surface area contributed by atoms with Crippen molar-refractivity contribution in [2.24, 2.45) is 17.3 Å². The third kappa shape index (κ3) is 5.96. The Hall–Kier alpha value is -2.16. The van der Waals surface area contributed by atoms with Crippen LogP contribution in [0.1, 0.15) is 53.8 Å². The Morgan fingerprint density at radius 2 is 1.84 bits per heavy atom. The number of alkyl halides is 3. The van der Waals surface area contributed by atoms with Crippen LogP contribution >= 0.6 is 0 Å².